The van der Waals surface area contributed by atoms with Gasteiger partial charge in [-0.3, -0.25) is 4.79 Å². The summed E-state index contributed by atoms with van der Waals surface area (Å²) < 4.78 is 38.7. The zero-order chi connectivity index (χ0) is 18.2. The molecule has 0 fully saturated rings. The predicted octanol–water partition coefficient (Wildman–Crippen LogP) is 5.94. The number of rotatable bonds is 4. The number of carbonyl (C=O) groups excluding carboxylic acids is 1. The maximum Gasteiger partial charge on any atom is 0.416 e. The second-order valence-electron chi connectivity index (χ2n) is 5.94. The Labute approximate surface area is 151 Å². The van der Waals surface area contributed by atoms with Gasteiger partial charge >= 0.3 is 6.18 Å². The van der Waals surface area contributed by atoms with Crippen molar-refractivity contribution in [2.45, 2.75) is 25.9 Å². The number of ketones is 1. The third-order valence-corrected chi connectivity index (χ3v) is 4.93. The van der Waals surface area contributed by atoms with Crippen LogP contribution in [0.15, 0.2) is 47.1 Å². The summed E-state index contributed by atoms with van der Waals surface area (Å²) in [6, 6.07) is 9.10. The van der Waals surface area contributed by atoms with Crippen LogP contribution in [0, 0.1) is 0 Å². The van der Waals surface area contributed by atoms with E-state index in [1.165, 1.54) is 19.1 Å². The lowest BCUT2D eigenvalue weighted by Crippen LogP contribution is -2.04. The molecule has 1 aromatic heterocycles. The molecule has 2 nitrogen and oxygen atoms in total. The number of aromatic amines is 1. The highest BCUT2D eigenvalue weighted by Crippen LogP contribution is 2.30. The third-order valence-electron chi connectivity index (χ3n) is 4.19. The number of aromatic nitrogens is 1. The number of fused-ring (bicyclic) bond motifs is 1. The average molecular weight is 410 g/mol. The lowest BCUT2D eigenvalue weighted by molar-refractivity contribution is -0.137. The fourth-order valence-corrected chi connectivity index (χ4v) is 3.35. The largest absolute Gasteiger partial charge is 0.416 e. The number of hydrogen-bond acceptors (Lipinski definition) is 1. The van der Waals surface area contributed by atoms with Crippen LogP contribution in [0.3, 0.4) is 0 Å². The summed E-state index contributed by atoms with van der Waals surface area (Å²) in [5.74, 6) is -0.0118. The molecule has 0 saturated carbocycles. The van der Waals surface area contributed by atoms with Crippen molar-refractivity contribution in [3.63, 3.8) is 0 Å². The van der Waals surface area contributed by atoms with E-state index in [0.29, 0.717) is 18.4 Å². The van der Waals surface area contributed by atoms with Gasteiger partial charge in [-0.25, -0.2) is 0 Å². The minimum absolute atomic E-state index is 0.0118. The zero-order valence-corrected chi connectivity index (χ0v) is 15.0. The number of halogens is 4. The molecular formula is C19H15BrF3NO. The molecule has 0 unspecified atom stereocenters. The first-order valence-corrected chi connectivity index (χ1v) is 8.51. The summed E-state index contributed by atoms with van der Waals surface area (Å²) in [5, 5.41) is 0.859. The lowest BCUT2D eigenvalue weighted by Gasteiger charge is -2.09. The maximum atomic E-state index is 12.6. The van der Waals surface area contributed by atoms with Crippen molar-refractivity contribution >= 4 is 32.6 Å². The van der Waals surface area contributed by atoms with Gasteiger partial charge in [0, 0.05) is 27.1 Å². The summed E-state index contributed by atoms with van der Waals surface area (Å²) in [5.41, 5.74) is 2.71. The quantitative estimate of drug-likeness (QED) is 0.531. The van der Waals surface area contributed by atoms with Crippen molar-refractivity contribution < 1.29 is 18.0 Å². The number of carbonyl (C=O) groups is 1. The van der Waals surface area contributed by atoms with Crippen LogP contribution in [-0.4, -0.2) is 10.8 Å². The SMILES string of the molecule is CC(=O)c1c[nH]c2cc(Br)c(CCc3ccc(C(F)(F)F)cc3)cc12. The first kappa shape index (κ1) is 17.7. The molecule has 1 N–H and O–H groups in total. The minimum atomic E-state index is -4.32. The highest BCUT2D eigenvalue weighted by molar-refractivity contribution is 9.10. The maximum absolute atomic E-state index is 12.6. The Hall–Kier alpha value is -2.08. The number of hydrogen-bond donors (Lipinski definition) is 1. The van der Waals surface area contributed by atoms with E-state index in [2.05, 4.69) is 20.9 Å². The molecule has 6 heteroatoms. The van der Waals surface area contributed by atoms with Gasteiger partial charge < -0.3 is 4.98 Å². The monoisotopic (exact) mass is 409 g/mol. The Kier molecular flexibility index (Phi) is 4.73. The first-order valence-electron chi connectivity index (χ1n) is 7.72. The van der Waals surface area contributed by atoms with Gasteiger partial charge in [-0.1, -0.05) is 28.1 Å². The summed E-state index contributed by atoms with van der Waals surface area (Å²) in [7, 11) is 0. The first-order chi connectivity index (χ1) is 11.8. The van der Waals surface area contributed by atoms with Crippen molar-refractivity contribution in [1.82, 2.24) is 4.98 Å². The van der Waals surface area contributed by atoms with E-state index < -0.39 is 11.7 Å². The number of alkyl halides is 3. The Bertz CT molecular complexity index is 926. The highest BCUT2D eigenvalue weighted by atomic mass is 79.9. The van der Waals surface area contributed by atoms with E-state index in [9.17, 15) is 18.0 Å². The van der Waals surface area contributed by atoms with Gasteiger partial charge in [0.15, 0.2) is 5.78 Å². The second-order valence-corrected chi connectivity index (χ2v) is 6.80. The minimum Gasteiger partial charge on any atom is -0.360 e. The molecule has 2 aromatic carbocycles. The molecule has 3 aromatic rings. The van der Waals surface area contributed by atoms with E-state index in [-0.39, 0.29) is 5.78 Å². The van der Waals surface area contributed by atoms with Gasteiger partial charge in [0.05, 0.1) is 5.56 Å². The molecule has 0 aliphatic heterocycles. The second kappa shape index (κ2) is 6.67. The van der Waals surface area contributed by atoms with Crippen LogP contribution >= 0.6 is 15.9 Å². The van der Waals surface area contributed by atoms with Crippen molar-refractivity contribution in [3.8, 4) is 0 Å². The zero-order valence-electron chi connectivity index (χ0n) is 13.4. The molecule has 0 bridgehead atoms. The van der Waals surface area contributed by atoms with E-state index in [1.807, 2.05) is 12.1 Å². The molecule has 130 valence electrons. The molecule has 1 heterocycles. The van der Waals surface area contributed by atoms with E-state index in [4.69, 9.17) is 0 Å². The van der Waals surface area contributed by atoms with Crippen LogP contribution in [0.2, 0.25) is 0 Å². The van der Waals surface area contributed by atoms with Gasteiger partial charge in [-0.05, 0) is 55.2 Å². The van der Waals surface area contributed by atoms with Crippen LogP contribution in [0.5, 0.6) is 0 Å². The van der Waals surface area contributed by atoms with E-state index in [1.54, 1.807) is 6.20 Å². The topological polar surface area (TPSA) is 32.9 Å². The van der Waals surface area contributed by atoms with E-state index >= 15 is 0 Å². The van der Waals surface area contributed by atoms with Gasteiger partial charge in [0.2, 0.25) is 0 Å². The number of Topliss-reactive ketones (excluding diaryl/α,β-unsaturated/α-hetero) is 1. The van der Waals surface area contributed by atoms with Crippen LogP contribution in [0.1, 0.15) is 34.0 Å². The van der Waals surface area contributed by atoms with Crippen LogP contribution in [0.25, 0.3) is 10.9 Å². The van der Waals surface area contributed by atoms with Gasteiger partial charge in [0.25, 0.3) is 0 Å². The summed E-state index contributed by atoms with van der Waals surface area (Å²) in [6.07, 6.45) is -1.35. The van der Waals surface area contributed by atoms with Crippen LogP contribution in [0.4, 0.5) is 13.2 Å². The highest BCUT2D eigenvalue weighted by Gasteiger charge is 2.29. The molecule has 0 amide bonds. The molecule has 25 heavy (non-hydrogen) atoms. The Morgan fingerprint density at radius 1 is 1.12 bits per heavy atom. The summed E-state index contributed by atoms with van der Waals surface area (Å²) in [4.78, 5) is 14.8. The molecule has 0 spiro atoms. The molecule has 0 aliphatic rings. The number of nitrogens with one attached hydrogen (secondary N) is 1. The Morgan fingerprint density at radius 2 is 1.80 bits per heavy atom. The lowest BCUT2D eigenvalue weighted by atomic mass is 10.0. The predicted molar refractivity (Wildman–Crippen MR) is 94.9 cm³/mol. The smallest absolute Gasteiger partial charge is 0.360 e. The normalized spacial score (nSPS) is 11.9. The van der Waals surface area contributed by atoms with Gasteiger partial charge in [0.1, 0.15) is 0 Å². The summed E-state index contributed by atoms with van der Waals surface area (Å²) in [6.45, 7) is 1.52. The average Bonchev–Trinajstić information content (AvgIpc) is 2.95. The van der Waals surface area contributed by atoms with Gasteiger partial charge in [-0.15, -0.1) is 0 Å². The Balaban J connectivity index is 1.82. The molecular weight excluding hydrogens is 395 g/mol. The fraction of sp³-hybridized carbons (Fsp3) is 0.211. The third kappa shape index (κ3) is 3.79. The molecule has 0 atom stereocenters. The molecule has 0 aliphatic carbocycles. The van der Waals surface area contributed by atoms with E-state index in [0.717, 1.165) is 38.6 Å². The standard InChI is InChI=1S/C19H15BrF3NO/c1-11(25)16-10-24-18-9-17(20)13(8-15(16)18)5-2-12-3-6-14(7-4-12)19(21,22)23/h3-4,6-10,24H,2,5H2,1H3. The van der Waals surface area contributed by atoms with Crippen LogP contribution < -0.4 is 0 Å². The van der Waals surface area contributed by atoms with Crippen molar-refractivity contribution in [1.29, 1.82) is 0 Å². The van der Waals surface area contributed by atoms with Crippen molar-refractivity contribution in [2.75, 3.05) is 0 Å². The van der Waals surface area contributed by atoms with Crippen molar-refractivity contribution in [3.05, 3.63) is 69.3 Å². The summed E-state index contributed by atoms with van der Waals surface area (Å²) >= 11 is 3.52. The molecule has 0 saturated heterocycles. The van der Waals surface area contributed by atoms with Crippen LogP contribution in [-0.2, 0) is 19.0 Å². The number of benzene rings is 2. The number of aryl methyl sites for hydroxylation is 2. The van der Waals surface area contributed by atoms with Gasteiger partial charge in [-0.2, -0.15) is 13.2 Å². The number of H-pyrrole nitrogens is 1. The molecule has 3 rings (SSSR count). The fourth-order valence-electron chi connectivity index (χ4n) is 2.81. The Morgan fingerprint density at radius 3 is 2.40 bits per heavy atom. The van der Waals surface area contributed by atoms with Crippen molar-refractivity contribution in [2.24, 2.45) is 0 Å². The molecule has 0 radical (unpaired) electrons.